The summed E-state index contributed by atoms with van der Waals surface area (Å²) in [5.41, 5.74) is 3.28. The number of benzene rings is 1. The second kappa shape index (κ2) is 6.64. The molecule has 1 aromatic carbocycles. The lowest BCUT2D eigenvalue weighted by atomic mass is 10.1. The van der Waals surface area contributed by atoms with Crippen molar-refractivity contribution < 1.29 is 4.79 Å². The number of aliphatic imine (C=N–C) groups is 1. The molecular formula is C19H21ClN4O. The summed E-state index contributed by atoms with van der Waals surface area (Å²) in [5, 5.41) is 8.43. The number of aromatic nitrogens is 2. The molecule has 25 heavy (non-hydrogen) atoms. The van der Waals surface area contributed by atoms with Crippen LogP contribution in [-0.2, 0) is 6.42 Å². The second-order valence-corrected chi connectivity index (χ2v) is 7.07. The second-order valence-electron chi connectivity index (χ2n) is 6.63. The van der Waals surface area contributed by atoms with Gasteiger partial charge in [-0.05, 0) is 37.0 Å². The Morgan fingerprint density at radius 3 is 2.64 bits per heavy atom. The highest BCUT2D eigenvalue weighted by atomic mass is 35.5. The molecule has 0 bridgehead atoms. The number of rotatable bonds is 3. The molecule has 2 aliphatic rings. The van der Waals surface area contributed by atoms with Gasteiger partial charge in [0.1, 0.15) is 5.56 Å². The first-order chi connectivity index (χ1) is 12.2. The lowest BCUT2D eigenvalue weighted by Crippen LogP contribution is -2.28. The summed E-state index contributed by atoms with van der Waals surface area (Å²) in [4.78, 5) is 17.6. The summed E-state index contributed by atoms with van der Waals surface area (Å²) in [5.74, 6) is 0.632. The molecule has 6 heteroatoms. The third-order valence-electron chi connectivity index (χ3n) is 5.02. The van der Waals surface area contributed by atoms with Gasteiger partial charge in [0.25, 0.3) is 5.91 Å². The molecule has 1 aromatic heterocycles. The molecule has 130 valence electrons. The summed E-state index contributed by atoms with van der Waals surface area (Å²) in [6.45, 7) is 2.44. The Bertz CT molecular complexity index is 832. The quantitative estimate of drug-likeness (QED) is 0.900. The van der Waals surface area contributed by atoms with Crippen molar-refractivity contribution in [2.75, 3.05) is 6.54 Å². The van der Waals surface area contributed by atoms with E-state index >= 15 is 0 Å². The van der Waals surface area contributed by atoms with Crippen molar-refractivity contribution in [2.45, 2.75) is 45.1 Å². The number of halogens is 1. The number of fused-ring (bicyclic) bond motifs is 1. The topological polar surface area (TPSA) is 59.3 Å². The average Bonchev–Trinajstić information content (AvgIpc) is 3.23. The molecule has 5 nitrogen and oxygen atoms in total. The Hall–Kier alpha value is -2.14. The molecule has 0 atom stereocenters. The summed E-state index contributed by atoms with van der Waals surface area (Å²) >= 11 is 6.00. The number of amides is 1. The third kappa shape index (κ3) is 2.97. The average molecular weight is 357 g/mol. The Kier molecular flexibility index (Phi) is 4.34. The lowest BCUT2D eigenvalue weighted by Gasteiger charge is -2.12. The lowest BCUT2D eigenvalue weighted by molar-refractivity contribution is 0.0960. The van der Waals surface area contributed by atoms with Gasteiger partial charge in [-0.25, -0.2) is 9.67 Å². The van der Waals surface area contributed by atoms with Crippen LogP contribution in [0.1, 0.15) is 60.3 Å². The van der Waals surface area contributed by atoms with Crippen molar-refractivity contribution in [3.8, 4) is 0 Å². The van der Waals surface area contributed by atoms with Gasteiger partial charge in [-0.2, -0.15) is 5.10 Å². The summed E-state index contributed by atoms with van der Waals surface area (Å²) < 4.78 is 2.00. The number of nitrogens with one attached hydrogen (secondary N) is 1. The van der Waals surface area contributed by atoms with Crippen LogP contribution >= 0.6 is 11.6 Å². The van der Waals surface area contributed by atoms with Crippen LogP contribution in [0, 0.1) is 0 Å². The zero-order chi connectivity index (χ0) is 17.4. The summed E-state index contributed by atoms with van der Waals surface area (Å²) in [6.07, 6.45) is 5.35. The minimum Gasteiger partial charge on any atom is -0.346 e. The first kappa shape index (κ1) is 16.3. The van der Waals surface area contributed by atoms with E-state index in [0.717, 1.165) is 36.2 Å². The third-order valence-corrected chi connectivity index (χ3v) is 5.28. The van der Waals surface area contributed by atoms with E-state index in [9.17, 15) is 4.79 Å². The molecule has 1 fully saturated rings. The van der Waals surface area contributed by atoms with E-state index in [1.54, 1.807) is 0 Å². The maximum absolute atomic E-state index is 12.7. The van der Waals surface area contributed by atoms with Gasteiger partial charge in [0.05, 0.1) is 24.0 Å². The number of carbonyl (C=O) groups is 1. The van der Waals surface area contributed by atoms with Crippen LogP contribution < -0.4 is 5.32 Å². The van der Waals surface area contributed by atoms with E-state index < -0.39 is 0 Å². The van der Waals surface area contributed by atoms with Crippen LogP contribution in [0.2, 0.25) is 5.02 Å². The Morgan fingerprint density at radius 1 is 1.24 bits per heavy atom. The van der Waals surface area contributed by atoms with Gasteiger partial charge in [0.15, 0.2) is 5.82 Å². The van der Waals surface area contributed by atoms with Crippen LogP contribution in [0.4, 0.5) is 5.82 Å². The van der Waals surface area contributed by atoms with Gasteiger partial charge in [0, 0.05) is 5.02 Å². The first-order valence-electron chi connectivity index (χ1n) is 8.90. The van der Waals surface area contributed by atoms with Crippen LogP contribution in [0.5, 0.6) is 0 Å². The van der Waals surface area contributed by atoms with Gasteiger partial charge in [-0.3, -0.25) is 4.79 Å². The molecule has 0 spiro atoms. The highest BCUT2D eigenvalue weighted by molar-refractivity contribution is 6.30. The number of carbonyl (C=O) groups excluding carboxylic acids is 1. The monoisotopic (exact) mass is 356 g/mol. The molecule has 1 aliphatic heterocycles. The predicted molar refractivity (Wildman–Crippen MR) is 99.1 cm³/mol. The molecule has 2 aromatic rings. The Balaban J connectivity index is 1.85. The van der Waals surface area contributed by atoms with Crippen molar-refractivity contribution in [3.63, 3.8) is 0 Å². The predicted octanol–water partition coefficient (Wildman–Crippen LogP) is 4.08. The molecule has 4 rings (SSSR count). The Labute approximate surface area is 152 Å². The number of hydrogen-bond donors (Lipinski definition) is 1. The fourth-order valence-corrected chi connectivity index (χ4v) is 3.82. The highest BCUT2D eigenvalue weighted by Crippen LogP contribution is 2.36. The molecule has 0 saturated heterocycles. The van der Waals surface area contributed by atoms with Gasteiger partial charge >= 0.3 is 0 Å². The van der Waals surface area contributed by atoms with Crippen molar-refractivity contribution in [3.05, 3.63) is 46.1 Å². The van der Waals surface area contributed by atoms with E-state index in [1.165, 1.54) is 12.8 Å². The molecule has 1 amide bonds. The number of hydrogen-bond acceptors (Lipinski definition) is 3. The minimum absolute atomic E-state index is 0.0798. The molecule has 1 saturated carbocycles. The number of nitrogens with zero attached hydrogens (tertiary/aromatic N) is 3. The molecule has 1 aliphatic carbocycles. The van der Waals surface area contributed by atoms with Crippen LogP contribution in [0.3, 0.4) is 0 Å². The van der Waals surface area contributed by atoms with Crippen molar-refractivity contribution in [1.29, 1.82) is 0 Å². The molecule has 1 N–H and O–H groups in total. The molecule has 0 unspecified atom stereocenters. The van der Waals surface area contributed by atoms with E-state index in [2.05, 4.69) is 5.32 Å². The van der Waals surface area contributed by atoms with Crippen LogP contribution in [-0.4, -0.2) is 27.9 Å². The van der Waals surface area contributed by atoms with Crippen molar-refractivity contribution in [1.82, 2.24) is 15.1 Å². The zero-order valence-corrected chi connectivity index (χ0v) is 15.0. The van der Waals surface area contributed by atoms with Gasteiger partial charge < -0.3 is 5.32 Å². The van der Waals surface area contributed by atoms with Gasteiger partial charge in [-0.15, -0.1) is 0 Å². The van der Waals surface area contributed by atoms with E-state index in [1.807, 2.05) is 35.9 Å². The molecule has 0 radical (unpaired) electrons. The molecular weight excluding hydrogens is 336 g/mol. The van der Waals surface area contributed by atoms with E-state index in [4.69, 9.17) is 21.7 Å². The first-order valence-corrected chi connectivity index (χ1v) is 9.28. The summed E-state index contributed by atoms with van der Waals surface area (Å²) in [7, 11) is 0. The number of aryl methyl sites for hydroxylation is 1. The van der Waals surface area contributed by atoms with E-state index in [-0.39, 0.29) is 5.91 Å². The largest absolute Gasteiger partial charge is 0.346 e. The maximum Gasteiger partial charge on any atom is 0.257 e. The SMILES string of the molecule is CCc1nn(C2CCCC2)c2c1C(=O)NCC(c1ccc(Cl)cc1)=N2. The van der Waals surface area contributed by atoms with Crippen molar-refractivity contribution in [2.24, 2.45) is 4.99 Å². The van der Waals surface area contributed by atoms with Gasteiger partial charge in [-0.1, -0.05) is 43.5 Å². The highest BCUT2D eigenvalue weighted by Gasteiger charge is 2.30. The minimum atomic E-state index is -0.0798. The standard InChI is InChI=1S/C19H21ClN4O/c1-2-15-17-18(24(23-15)14-5-3-4-6-14)22-16(11-21-19(17)25)12-7-9-13(20)10-8-12/h7-10,14H,2-6,11H2,1H3,(H,21,25). The van der Waals surface area contributed by atoms with Crippen molar-refractivity contribution >= 4 is 29.0 Å². The zero-order valence-electron chi connectivity index (χ0n) is 14.3. The maximum atomic E-state index is 12.7. The van der Waals surface area contributed by atoms with Crippen LogP contribution in [0.25, 0.3) is 0 Å². The van der Waals surface area contributed by atoms with E-state index in [0.29, 0.717) is 29.0 Å². The normalized spacial score (nSPS) is 17.8. The fourth-order valence-electron chi connectivity index (χ4n) is 3.69. The fraction of sp³-hybridized carbons (Fsp3) is 0.421. The van der Waals surface area contributed by atoms with Crippen LogP contribution in [0.15, 0.2) is 29.3 Å². The van der Waals surface area contributed by atoms with Gasteiger partial charge in [0.2, 0.25) is 0 Å². The Morgan fingerprint density at radius 2 is 1.96 bits per heavy atom. The smallest absolute Gasteiger partial charge is 0.257 e. The molecule has 2 heterocycles. The summed E-state index contributed by atoms with van der Waals surface area (Å²) in [6, 6.07) is 7.91.